The fourth-order valence-electron chi connectivity index (χ4n) is 1.17. The third-order valence-electron chi connectivity index (χ3n) is 1.97. The SMILES string of the molecule is CCN1BNBN(CC)B1. The maximum Gasteiger partial charge on any atom is 0.270 e. The number of hydrogen-bond acceptors (Lipinski definition) is 3. The predicted octanol–water partition coefficient (Wildman–Crippen LogP) is -1.97. The summed E-state index contributed by atoms with van der Waals surface area (Å²) in [6.45, 7) is 6.68. The lowest BCUT2D eigenvalue weighted by Gasteiger charge is -2.32. The van der Waals surface area contributed by atoms with Crippen molar-refractivity contribution < 1.29 is 0 Å². The Labute approximate surface area is 65.0 Å². The average molecular weight is 137 g/mol. The molecule has 1 aliphatic rings. The molecular weight excluding hydrogens is 123 g/mol. The molecule has 0 aromatic rings. The Bertz CT molecular complexity index is 91.7. The smallest absolute Gasteiger partial charge is 0.270 e. The molecule has 0 unspecified atom stereocenters. The Hall–Kier alpha value is 0.0748. The quantitative estimate of drug-likeness (QED) is 0.445. The van der Waals surface area contributed by atoms with Crippen LogP contribution in [0.15, 0.2) is 0 Å². The van der Waals surface area contributed by atoms with Crippen LogP contribution in [0.2, 0.25) is 0 Å². The highest BCUT2D eigenvalue weighted by molar-refractivity contribution is 6.64. The van der Waals surface area contributed by atoms with Gasteiger partial charge in [0.15, 0.2) is 0 Å². The van der Waals surface area contributed by atoms with Gasteiger partial charge < -0.3 is 14.6 Å². The van der Waals surface area contributed by atoms with Crippen molar-refractivity contribution in [3.05, 3.63) is 0 Å². The van der Waals surface area contributed by atoms with Crippen molar-refractivity contribution in [2.24, 2.45) is 0 Å². The van der Waals surface area contributed by atoms with Gasteiger partial charge in [0.1, 0.15) is 0 Å². The van der Waals surface area contributed by atoms with Gasteiger partial charge in [0, 0.05) is 0 Å². The summed E-state index contributed by atoms with van der Waals surface area (Å²) in [6.07, 6.45) is 0. The maximum atomic E-state index is 3.34. The Morgan fingerprint density at radius 1 is 1.10 bits per heavy atom. The monoisotopic (exact) mass is 137 g/mol. The molecule has 0 aliphatic carbocycles. The molecular formula is C4H14B3N3. The first kappa shape index (κ1) is 8.17. The molecule has 54 valence electrons. The molecule has 0 aromatic heterocycles. The van der Waals surface area contributed by atoms with Crippen LogP contribution in [-0.4, -0.2) is 45.2 Å². The van der Waals surface area contributed by atoms with Crippen LogP contribution in [0, 0.1) is 0 Å². The number of nitrogens with one attached hydrogen (secondary N) is 1. The molecule has 3 nitrogen and oxygen atoms in total. The number of nitrogens with zero attached hydrogens (tertiary/aromatic N) is 2. The lowest BCUT2D eigenvalue weighted by molar-refractivity contribution is 0.588. The summed E-state index contributed by atoms with van der Waals surface area (Å²) < 4.78 is 4.76. The van der Waals surface area contributed by atoms with Gasteiger partial charge >= 0.3 is 0 Å². The van der Waals surface area contributed by atoms with Crippen LogP contribution in [0.4, 0.5) is 0 Å². The lowest BCUT2D eigenvalue weighted by atomic mass is 9.77. The second kappa shape index (κ2) is 4.06. The van der Waals surface area contributed by atoms with Gasteiger partial charge in [-0.3, -0.25) is 0 Å². The third-order valence-corrected chi connectivity index (χ3v) is 1.97. The van der Waals surface area contributed by atoms with Gasteiger partial charge in [0.05, 0.1) is 0 Å². The minimum Gasteiger partial charge on any atom is -0.377 e. The van der Waals surface area contributed by atoms with Crippen molar-refractivity contribution in [1.29, 1.82) is 0 Å². The molecule has 0 amide bonds. The maximum absolute atomic E-state index is 3.34. The van der Waals surface area contributed by atoms with E-state index in [1.807, 2.05) is 0 Å². The van der Waals surface area contributed by atoms with E-state index >= 15 is 0 Å². The Kier molecular flexibility index (Phi) is 3.32. The highest BCUT2D eigenvalue weighted by atomic mass is 15.2. The standard InChI is InChI=1S/C4H14B3N3/c1-3-9-5-8-6-10(4-2)7-9/h5-8H,3-4H2,1-2H3. The normalized spacial score (nSPS) is 21.0. The van der Waals surface area contributed by atoms with Gasteiger partial charge in [-0.15, -0.1) is 0 Å². The van der Waals surface area contributed by atoms with Crippen molar-refractivity contribution in [3.63, 3.8) is 0 Å². The van der Waals surface area contributed by atoms with Gasteiger partial charge in [-0.05, 0) is 13.1 Å². The summed E-state index contributed by atoms with van der Waals surface area (Å²) in [6, 6.07) is 0. The molecule has 10 heavy (non-hydrogen) atoms. The van der Waals surface area contributed by atoms with Gasteiger partial charge in [0.25, 0.3) is 22.6 Å². The van der Waals surface area contributed by atoms with E-state index < -0.39 is 0 Å². The third kappa shape index (κ3) is 2.04. The molecule has 1 fully saturated rings. The highest BCUT2D eigenvalue weighted by Crippen LogP contribution is 1.89. The van der Waals surface area contributed by atoms with E-state index in [1.54, 1.807) is 0 Å². The van der Waals surface area contributed by atoms with E-state index in [9.17, 15) is 0 Å². The summed E-state index contributed by atoms with van der Waals surface area (Å²) in [4.78, 5) is 0. The van der Waals surface area contributed by atoms with Gasteiger partial charge in [-0.25, -0.2) is 0 Å². The molecule has 6 heteroatoms. The highest BCUT2D eigenvalue weighted by Gasteiger charge is 2.17. The van der Waals surface area contributed by atoms with E-state index in [4.69, 9.17) is 0 Å². The summed E-state index contributed by atoms with van der Waals surface area (Å²) in [7, 11) is 3.22. The van der Waals surface area contributed by atoms with Crippen molar-refractivity contribution in [1.82, 2.24) is 14.6 Å². The molecule has 1 heterocycles. The molecule has 0 spiro atoms. The predicted molar refractivity (Wildman–Crippen MR) is 49.3 cm³/mol. The van der Waals surface area contributed by atoms with Gasteiger partial charge in [-0.2, -0.15) is 0 Å². The first-order valence-electron chi connectivity index (χ1n) is 4.02. The van der Waals surface area contributed by atoms with Crippen molar-refractivity contribution >= 4 is 22.6 Å². The topological polar surface area (TPSA) is 18.5 Å². The molecule has 0 bridgehead atoms. The zero-order chi connectivity index (χ0) is 7.40. The fourth-order valence-corrected chi connectivity index (χ4v) is 1.17. The van der Waals surface area contributed by atoms with Crippen LogP contribution < -0.4 is 5.14 Å². The number of rotatable bonds is 2. The van der Waals surface area contributed by atoms with Crippen LogP contribution in [0.3, 0.4) is 0 Å². The van der Waals surface area contributed by atoms with Crippen LogP contribution in [-0.2, 0) is 0 Å². The lowest BCUT2D eigenvalue weighted by Crippen LogP contribution is -2.59. The average Bonchev–Trinajstić information content (AvgIpc) is 2.05. The first-order chi connectivity index (χ1) is 4.86. The van der Waals surface area contributed by atoms with E-state index in [-0.39, 0.29) is 0 Å². The van der Waals surface area contributed by atoms with Crippen LogP contribution in [0.25, 0.3) is 0 Å². The van der Waals surface area contributed by atoms with Crippen molar-refractivity contribution in [2.45, 2.75) is 13.8 Å². The van der Waals surface area contributed by atoms with Gasteiger partial charge in [-0.1, -0.05) is 13.8 Å². The Balaban J connectivity index is 2.25. The molecule has 1 N–H and O–H groups in total. The zero-order valence-corrected chi connectivity index (χ0v) is 6.93. The van der Waals surface area contributed by atoms with Crippen molar-refractivity contribution in [3.8, 4) is 0 Å². The first-order valence-corrected chi connectivity index (χ1v) is 4.02. The van der Waals surface area contributed by atoms with Crippen molar-refractivity contribution in [2.75, 3.05) is 13.1 Å². The molecule has 1 rings (SSSR count). The van der Waals surface area contributed by atoms with E-state index in [0.717, 1.165) is 35.7 Å². The molecule has 1 saturated heterocycles. The number of hydrogen-bond donors (Lipinski definition) is 1. The summed E-state index contributed by atoms with van der Waals surface area (Å²) in [5, 5.41) is 3.34. The summed E-state index contributed by atoms with van der Waals surface area (Å²) in [5.74, 6) is 0. The Morgan fingerprint density at radius 2 is 1.60 bits per heavy atom. The summed E-state index contributed by atoms with van der Waals surface area (Å²) >= 11 is 0. The van der Waals surface area contributed by atoms with E-state index in [1.165, 1.54) is 0 Å². The molecule has 0 aromatic carbocycles. The second-order valence-corrected chi connectivity index (χ2v) is 2.68. The molecule has 0 saturated carbocycles. The van der Waals surface area contributed by atoms with E-state index in [2.05, 4.69) is 28.4 Å². The zero-order valence-electron chi connectivity index (χ0n) is 6.93. The summed E-state index contributed by atoms with van der Waals surface area (Å²) in [5.41, 5.74) is 0. The second-order valence-electron chi connectivity index (χ2n) is 2.68. The largest absolute Gasteiger partial charge is 0.377 e. The van der Waals surface area contributed by atoms with E-state index in [0.29, 0.717) is 0 Å². The molecule has 1 aliphatic heterocycles. The van der Waals surface area contributed by atoms with Gasteiger partial charge in [0.2, 0.25) is 0 Å². The van der Waals surface area contributed by atoms with Crippen LogP contribution >= 0.6 is 0 Å². The Morgan fingerprint density at radius 3 is 2.00 bits per heavy atom. The molecule has 0 radical (unpaired) electrons. The fraction of sp³-hybridized carbons (Fsp3) is 1.00. The molecule has 0 atom stereocenters. The minimum atomic E-state index is 1.05. The van der Waals surface area contributed by atoms with Crippen LogP contribution in [0.5, 0.6) is 0 Å². The van der Waals surface area contributed by atoms with Crippen LogP contribution in [0.1, 0.15) is 13.8 Å². The minimum absolute atomic E-state index is 1.05.